The van der Waals surface area contributed by atoms with Crippen LogP contribution in [-0.4, -0.2) is 0 Å². The van der Waals surface area contributed by atoms with Crippen molar-refractivity contribution in [1.82, 2.24) is 0 Å². The van der Waals surface area contributed by atoms with E-state index in [0.29, 0.717) is 17.6 Å². The summed E-state index contributed by atoms with van der Waals surface area (Å²) >= 11 is 0. The van der Waals surface area contributed by atoms with Gasteiger partial charge in [0.2, 0.25) is 0 Å². The number of allylic oxidation sites excluding steroid dienone is 4. The number of hydrogen-bond acceptors (Lipinski definition) is 3. The van der Waals surface area contributed by atoms with Crippen molar-refractivity contribution in [1.29, 1.82) is 15.8 Å². The highest BCUT2D eigenvalue weighted by molar-refractivity contribution is 5.44. The molecular formula is C9H5N3. The van der Waals surface area contributed by atoms with Crippen molar-refractivity contribution in [2.24, 2.45) is 5.92 Å². The van der Waals surface area contributed by atoms with Gasteiger partial charge in [-0.15, -0.1) is 0 Å². The SMILES string of the molecule is N#CC1=C[C@@H](C#N)CC(C#N)=C1. The minimum atomic E-state index is -0.320. The van der Waals surface area contributed by atoms with E-state index < -0.39 is 0 Å². The molecule has 12 heavy (non-hydrogen) atoms. The molecular weight excluding hydrogens is 150 g/mol. The predicted molar refractivity (Wildman–Crippen MR) is 41.1 cm³/mol. The van der Waals surface area contributed by atoms with Crippen LogP contribution >= 0.6 is 0 Å². The minimum absolute atomic E-state index is 0.320. The fraction of sp³-hybridized carbons (Fsp3) is 0.222. The lowest BCUT2D eigenvalue weighted by atomic mass is 9.92. The van der Waals surface area contributed by atoms with Crippen molar-refractivity contribution >= 4 is 0 Å². The molecule has 3 heteroatoms. The highest BCUT2D eigenvalue weighted by atomic mass is 14.3. The normalized spacial score (nSPS) is 20.9. The first-order valence-corrected chi connectivity index (χ1v) is 3.42. The van der Waals surface area contributed by atoms with Gasteiger partial charge < -0.3 is 0 Å². The van der Waals surface area contributed by atoms with Crippen LogP contribution in [0.15, 0.2) is 23.3 Å². The van der Waals surface area contributed by atoms with E-state index >= 15 is 0 Å². The van der Waals surface area contributed by atoms with Crippen molar-refractivity contribution in [3.05, 3.63) is 23.3 Å². The zero-order valence-corrected chi connectivity index (χ0v) is 6.28. The Kier molecular flexibility index (Phi) is 2.26. The second-order valence-corrected chi connectivity index (χ2v) is 2.45. The Bertz CT molecular complexity index is 368. The second kappa shape index (κ2) is 3.37. The number of nitriles is 3. The molecule has 0 amide bonds. The van der Waals surface area contributed by atoms with Gasteiger partial charge in [0.25, 0.3) is 0 Å². The van der Waals surface area contributed by atoms with E-state index in [2.05, 4.69) is 0 Å². The highest BCUT2D eigenvalue weighted by Gasteiger charge is 2.13. The van der Waals surface area contributed by atoms with Crippen LogP contribution in [0.25, 0.3) is 0 Å². The van der Waals surface area contributed by atoms with Crippen LogP contribution in [0.1, 0.15) is 6.42 Å². The average molecular weight is 155 g/mol. The van der Waals surface area contributed by atoms with Crippen LogP contribution in [0.3, 0.4) is 0 Å². The van der Waals surface area contributed by atoms with Crippen molar-refractivity contribution in [2.75, 3.05) is 0 Å². The van der Waals surface area contributed by atoms with E-state index in [9.17, 15) is 0 Å². The van der Waals surface area contributed by atoms with Crippen molar-refractivity contribution < 1.29 is 0 Å². The van der Waals surface area contributed by atoms with Gasteiger partial charge in [-0.05, 0) is 12.2 Å². The smallest absolute Gasteiger partial charge is 0.0989 e. The van der Waals surface area contributed by atoms with Crippen molar-refractivity contribution in [3.63, 3.8) is 0 Å². The lowest BCUT2D eigenvalue weighted by molar-refractivity contribution is 0.809. The average Bonchev–Trinajstić information content (AvgIpc) is 2.16. The van der Waals surface area contributed by atoms with E-state index in [1.807, 2.05) is 18.2 Å². The molecule has 0 aromatic heterocycles. The molecule has 0 radical (unpaired) electrons. The van der Waals surface area contributed by atoms with Gasteiger partial charge in [-0.2, -0.15) is 15.8 Å². The molecule has 56 valence electrons. The third kappa shape index (κ3) is 1.51. The Morgan fingerprint density at radius 1 is 1.25 bits per heavy atom. The summed E-state index contributed by atoms with van der Waals surface area (Å²) in [5, 5.41) is 25.7. The number of nitrogens with zero attached hydrogens (tertiary/aromatic N) is 3. The van der Waals surface area contributed by atoms with E-state index in [-0.39, 0.29) is 5.92 Å². The molecule has 0 aromatic carbocycles. The fourth-order valence-electron chi connectivity index (χ4n) is 1.04. The molecule has 0 heterocycles. The molecule has 1 atom stereocenters. The van der Waals surface area contributed by atoms with Gasteiger partial charge >= 0.3 is 0 Å². The van der Waals surface area contributed by atoms with Crippen molar-refractivity contribution in [3.8, 4) is 18.2 Å². The largest absolute Gasteiger partial charge is 0.198 e. The highest BCUT2D eigenvalue weighted by Crippen LogP contribution is 2.21. The topological polar surface area (TPSA) is 71.4 Å². The summed E-state index contributed by atoms with van der Waals surface area (Å²) in [7, 11) is 0. The van der Waals surface area contributed by atoms with E-state index in [0.717, 1.165) is 0 Å². The summed E-state index contributed by atoms with van der Waals surface area (Å²) in [4.78, 5) is 0. The lowest BCUT2D eigenvalue weighted by Gasteiger charge is -2.07. The van der Waals surface area contributed by atoms with E-state index in [4.69, 9.17) is 15.8 Å². The minimum Gasteiger partial charge on any atom is -0.198 e. The Balaban J connectivity index is 2.98. The Hall–Kier alpha value is -2.05. The Labute approximate surface area is 70.5 Å². The zero-order valence-electron chi connectivity index (χ0n) is 6.28. The van der Waals surface area contributed by atoms with Gasteiger partial charge in [-0.1, -0.05) is 0 Å². The summed E-state index contributed by atoms with van der Waals surface area (Å²) in [6, 6.07) is 5.88. The summed E-state index contributed by atoms with van der Waals surface area (Å²) < 4.78 is 0. The summed E-state index contributed by atoms with van der Waals surface area (Å²) in [6.45, 7) is 0. The molecule has 0 aromatic rings. The predicted octanol–water partition coefficient (Wildman–Crippen LogP) is 1.43. The van der Waals surface area contributed by atoms with Gasteiger partial charge in [0.05, 0.1) is 29.7 Å². The first-order chi connectivity index (χ1) is 5.80. The number of rotatable bonds is 0. The monoisotopic (exact) mass is 155 g/mol. The molecule has 3 nitrogen and oxygen atoms in total. The molecule has 0 spiro atoms. The van der Waals surface area contributed by atoms with E-state index in [1.54, 1.807) is 6.08 Å². The molecule has 0 saturated carbocycles. The van der Waals surface area contributed by atoms with Gasteiger partial charge in [0.1, 0.15) is 0 Å². The number of hydrogen-bond donors (Lipinski definition) is 0. The second-order valence-electron chi connectivity index (χ2n) is 2.45. The van der Waals surface area contributed by atoms with Gasteiger partial charge in [-0.25, -0.2) is 0 Å². The molecule has 1 aliphatic carbocycles. The standard InChI is InChI=1S/C9H5N3/c10-4-7-1-8(5-11)3-9(2-7)6-12/h1-2,8H,3H2/t8-/m1/s1. The lowest BCUT2D eigenvalue weighted by Crippen LogP contribution is -2.00. The summed E-state index contributed by atoms with van der Waals surface area (Å²) in [5.41, 5.74) is 0.907. The molecule has 0 aliphatic heterocycles. The first-order valence-electron chi connectivity index (χ1n) is 3.42. The molecule has 0 N–H and O–H groups in total. The van der Waals surface area contributed by atoms with Crippen LogP contribution in [0.2, 0.25) is 0 Å². The van der Waals surface area contributed by atoms with Gasteiger partial charge in [-0.3, -0.25) is 0 Å². The van der Waals surface area contributed by atoms with Crippen LogP contribution in [-0.2, 0) is 0 Å². The third-order valence-electron chi connectivity index (χ3n) is 1.59. The zero-order chi connectivity index (χ0) is 8.97. The Morgan fingerprint density at radius 2 is 2.00 bits per heavy atom. The summed E-state index contributed by atoms with van der Waals surface area (Å²) in [5.74, 6) is -0.320. The molecule has 0 unspecified atom stereocenters. The molecule has 0 fully saturated rings. The fourth-order valence-corrected chi connectivity index (χ4v) is 1.04. The first kappa shape index (κ1) is 8.05. The molecule has 0 saturated heterocycles. The molecule has 0 bridgehead atoms. The van der Waals surface area contributed by atoms with Gasteiger partial charge in [0, 0.05) is 12.0 Å². The van der Waals surface area contributed by atoms with Crippen LogP contribution < -0.4 is 0 Å². The maximum atomic E-state index is 8.58. The van der Waals surface area contributed by atoms with Crippen LogP contribution in [0, 0.1) is 39.9 Å². The summed E-state index contributed by atoms with van der Waals surface area (Å²) in [6.07, 6.45) is 3.53. The maximum absolute atomic E-state index is 8.58. The molecule has 1 rings (SSSR count). The third-order valence-corrected chi connectivity index (χ3v) is 1.59. The maximum Gasteiger partial charge on any atom is 0.0989 e. The van der Waals surface area contributed by atoms with Crippen LogP contribution in [0.5, 0.6) is 0 Å². The van der Waals surface area contributed by atoms with Crippen LogP contribution in [0.4, 0.5) is 0 Å². The Morgan fingerprint density at radius 3 is 2.50 bits per heavy atom. The van der Waals surface area contributed by atoms with Crippen molar-refractivity contribution in [2.45, 2.75) is 6.42 Å². The van der Waals surface area contributed by atoms with Gasteiger partial charge in [0.15, 0.2) is 0 Å². The quantitative estimate of drug-likeness (QED) is 0.531. The van der Waals surface area contributed by atoms with E-state index in [1.165, 1.54) is 6.08 Å². The molecule has 1 aliphatic rings.